The molecule has 0 bridgehead atoms. The summed E-state index contributed by atoms with van der Waals surface area (Å²) in [6, 6.07) is 10.3. The second kappa shape index (κ2) is 10.6. The molecule has 1 N–H and O–H groups in total. The summed E-state index contributed by atoms with van der Waals surface area (Å²) in [5, 5.41) is 4.02. The van der Waals surface area contributed by atoms with Gasteiger partial charge in [-0.1, -0.05) is 49.0 Å². The summed E-state index contributed by atoms with van der Waals surface area (Å²) < 4.78 is 11.1. The number of amides is 1. The highest BCUT2D eigenvalue weighted by molar-refractivity contribution is 6.35. The van der Waals surface area contributed by atoms with Gasteiger partial charge in [-0.25, -0.2) is 4.79 Å². The van der Waals surface area contributed by atoms with Crippen molar-refractivity contribution in [3.05, 3.63) is 57.6 Å². The minimum absolute atomic E-state index is 0.0579. The Morgan fingerprint density at radius 3 is 2.44 bits per heavy atom. The van der Waals surface area contributed by atoms with Gasteiger partial charge in [0, 0.05) is 15.7 Å². The number of hydrogen-bond acceptors (Lipinski definition) is 4. The van der Waals surface area contributed by atoms with Crippen molar-refractivity contribution in [1.82, 2.24) is 0 Å². The maximum Gasteiger partial charge on any atom is 0.341 e. The lowest BCUT2D eigenvalue weighted by Gasteiger charge is -2.29. The van der Waals surface area contributed by atoms with Crippen molar-refractivity contribution in [2.24, 2.45) is 0 Å². The standard InChI is InChI=1S/C25H29Cl2NO4/c1-4-16(3)32-22-11-9-18(15-19(22)23(29)31-5-2)28-24(30)25(12-6-7-13-25)20-10-8-17(26)14-21(20)27/h8-11,14-16H,4-7,12-13H2,1-3H3,(H,28,30)/t16-/m0/s1. The lowest BCUT2D eigenvalue weighted by Crippen LogP contribution is -2.38. The molecule has 5 nitrogen and oxygen atoms in total. The van der Waals surface area contributed by atoms with Crippen molar-refractivity contribution in [2.45, 2.75) is 64.4 Å². The molecule has 0 unspecified atom stereocenters. The van der Waals surface area contributed by atoms with E-state index in [1.165, 1.54) is 0 Å². The molecule has 1 amide bonds. The van der Waals surface area contributed by atoms with Crippen LogP contribution in [0.1, 0.15) is 68.8 Å². The predicted molar refractivity (Wildman–Crippen MR) is 128 cm³/mol. The van der Waals surface area contributed by atoms with E-state index in [4.69, 9.17) is 32.7 Å². The number of carbonyl (C=O) groups is 2. The summed E-state index contributed by atoms with van der Waals surface area (Å²) in [4.78, 5) is 26.1. The van der Waals surface area contributed by atoms with Gasteiger partial charge in [0.05, 0.1) is 18.1 Å². The van der Waals surface area contributed by atoms with Gasteiger partial charge >= 0.3 is 5.97 Å². The molecular formula is C25H29Cl2NO4. The molecule has 1 aliphatic rings. The van der Waals surface area contributed by atoms with Crippen LogP contribution in [0, 0.1) is 0 Å². The average molecular weight is 478 g/mol. The number of hydrogen-bond donors (Lipinski definition) is 1. The van der Waals surface area contributed by atoms with Gasteiger partial charge in [-0.3, -0.25) is 4.79 Å². The number of nitrogens with one attached hydrogen (secondary N) is 1. The zero-order valence-electron chi connectivity index (χ0n) is 18.7. The van der Waals surface area contributed by atoms with Crippen molar-refractivity contribution in [1.29, 1.82) is 0 Å². The Labute approximate surface area is 199 Å². The molecule has 0 saturated heterocycles. The van der Waals surface area contributed by atoms with Crippen LogP contribution in [0.25, 0.3) is 0 Å². The summed E-state index contributed by atoms with van der Waals surface area (Å²) >= 11 is 12.6. The van der Waals surface area contributed by atoms with Crippen LogP contribution in [-0.2, 0) is 14.9 Å². The van der Waals surface area contributed by atoms with Gasteiger partial charge in [0.2, 0.25) is 5.91 Å². The molecule has 172 valence electrons. The monoisotopic (exact) mass is 477 g/mol. The molecule has 1 fully saturated rings. The number of rotatable bonds is 8. The molecule has 32 heavy (non-hydrogen) atoms. The highest BCUT2D eigenvalue weighted by Gasteiger charge is 2.44. The van der Waals surface area contributed by atoms with Gasteiger partial charge in [-0.05, 0) is 69.0 Å². The van der Waals surface area contributed by atoms with Crippen LogP contribution in [-0.4, -0.2) is 24.6 Å². The SMILES string of the molecule is CCOC(=O)c1cc(NC(=O)C2(c3ccc(Cl)cc3Cl)CCCC2)ccc1O[C@@H](C)CC. The van der Waals surface area contributed by atoms with E-state index in [1.54, 1.807) is 37.3 Å². The van der Waals surface area contributed by atoms with Crippen molar-refractivity contribution in [2.75, 3.05) is 11.9 Å². The van der Waals surface area contributed by atoms with Crippen molar-refractivity contribution in [3.63, 3.8) is 0 Å². The number of ether oxygens (including phenoxy) is 2. The van der Waals surface area contributed by atoms with E-state index in [0.29, 0.717) is 34.3 Å². The Balaban J connectivity index is 1.93. The molecule has 2 aromatic rings. The Morgan fingerprint density at radius 1 is 1.09 bits per heavy atom. The first-order valence-electron chi connectivity index (χ1n) is 11.1. The summed E-state index contributed by atoms with van der Waals surface area (Å²) in [7, 11) is 0. The molecule has 7 heteroatoms. The zero-order valence-corrected chi connectivity index (χ0v) is 20.2. The second-order valence-electron chi connectivity index (χ2n) is 8.14. The minimum Gasteiger partial charge on any atom is -0.490 e. The summed E-state index contributed by atoms with van der Waals surface area (Å²) in [5.74, 6) is -0.199. The third-order valence-corrected chi connectivity index (χ3v) is 6.52. The molecule has 0 radical (unpaired) electrons. The number of anilines is 1. The fourth-order valence-electron chi connectivity index (χ4n) is 4.10. The summed E-state index contributed by atoms with van der Waals surface area (Å²) in [6.07, 6.45) is 3.99. The zero-order chi connectivity index (χ0) is 23.3. The fourth-order valence-corrected chi connectivity index (χ4v) is 4.69. The van der Waals surface area contributed by atoms with E-state index in [0.717, 1.165) is 24.8 Å². The van der Waals surface area contributed by atoms with Crippen LogP contribution >= 0.6 is 23.2 Å². The smallest absolute Gasteiger partial charge is 0.341 e. The van der Waals surface area contributed by atoms with Crippen molar-refractivity contribution >= 4 is 40.8 Å². The molecule has 3 rings (SSSR count). The molecule has 0 heterocycles. The van der Waals surface area contributed by atoms with E-state index in [2.05, 4.69) is 5.32 Å². The molecule has 1 atom stereocenters. The van der Waals surface area contributed by atoms with Gasteiger partial charge in [0.15, 0.2) is 0 Å². The van der Waals surface area contributed by atoms with Crippen LogP contribution < -0.4 is 10.1 Å². The molecular weight excluding hydrogens is 449 g/mol. The van der Waals surface area contributed by atoms with Crippen molar-refractivity contribution < 1.29 is 19.1 Å². The van der Waals surface area contributed by atoms with Gasteiger partial charge < -0.3 is 14.8 Å². The maximum atomic E-state index is 13.5. The van der Waals surface area contributed by atoms with E-state index < -0.39 is 11.4 Å². The van der Waals surface area contributed by atoms with Crippen molar-refractivity contribution in [3.8, 4) is 5.75 Å². The highest BCUT2D eigenvalue weighted by Crippen LogP contribution is 2.45. The van der Waals surface area contributed by atoms with Gasteiger partial charge in [0.25, 0.3) is 0 Å². The van der Waals surface area contributed by atoms with Crippen LogP contribution in [0.4, 0.5) is 5.69 Å². The third-order valence-electron chi connectivity index (χ3n) is 5.97. The van der Waals surface area contributed by atoms with E-state index in [-0.39, 0.29) is 24.2 Å². The Kier molecular flexibility index (Phi) is 8.07. The fraction of sp³-hybridized carbons (Fsp3) is 0.440. The predicted octanol–water partition coefficient (Wildman–Crippen LogP) is 6.80. The van der Waals surface area contributed by atoms with Crippen LogP contribution in [0.15, 0.2) is 36.4 Å². The van der Waals surface area contributed by atoms with Crippen LogP contribution in [0.2, 0.25) is 10.0 Å². The Hall–Kier alpha value is -2.24. The lowest BCUT2D eigenvalue weighted by molar-refractivity contribution is -0.121. The third kappa shape index (κ3) is 5.21. The Bertz CT molecular complexity index is 986. The molecule has 1 saturated carbocycles. The highest BCUT2D eigenvalue weighted by atomic mass is 35.5. The Morgan fingerprint density at radius 2 is 1.81 bits per heavy atom. The van der Waals surface area contributed by atoms with E-state index >= 15 is 0 Å². The molecule has 0 aromatic heterocycles. The van der Waals surface area contributed by atoms with Crippen LogP contribution in [0.5, 0.6) is 5.75 Å². The first-order valence-corrected chi connectivity index (χ1v) is 11.8. The van der Waals surface area contributed by atoms with E-state index in [1.807, 2.05) is 19.9 Å². The molecule has 0 aliphatic heterocycles. The number of halogens is 2. The van der Waals surface area contributed by atoms with Gasteiger partial charge in [-0.2, -0.15) is 0 Å². The van der Waals surface area contributed by atoms with Crippen LogP contribution in [0.3, 0.4) is 0 Å². The normalized spacial score (nSPS) is 15.8. The van der Waals surface area contributed by atoms with Gasteiger partial charge in [-0.15, -0.1) is 0 Å². The maximum absolute atomic E-state index is 13.5. The average Bonchev–Trinajstić information content (AvgIpc) is 3.25. The number of benzene rings is 2. The number of carbonyl (C=O) groups excluding carboxylic acids is 2. The largest absolute Gasteiger partial charge is 0.490 e. The molecule has 2 aromatic carbocycles. The minimum atomic E-state index is -0.738. The summed E-state index contributed by atoms with van der Waals surface area (Å²) in [5.41, 5.74) is 0.833. The molecule has 0 spiro atoms. The lowest BCUT2D eigenvalue weighted by atomic mass is 9.78. The number of esters is 1. The quantitative estimate of drug-likeness (QED) is 0.424. The van der Waals surface area contributed by atoms with E-state index in [9.17, 15) is 9.59 Å². The first-order chi connectivity index (χ1) is 15.3. The second-order valence-corrected chi connectivity index (χ2v) is 8.98. The topological polar surface area (TPSA) is 64.6 Å². The molecule has 1 aliphatic carbocycles. The first kappa shape index (κ1) is 24.4. The van der Waals surface area contributed by atoms with Gasteiger partial charge in [0.1, 0.15) is 11.3 Å². The summed E-state index contributed by atoms with van der Waals surface area (Å²) in [6.45, 7) is 5.94.